The molecule has 0 aliphatic carbocycles. The Morgan fingerprint density at radius 2 is 2.31 bits per heavy atom. The van der Waals surface area contributed by atoms with E-state index in [1.807, 2.05) is 18.2 Å². The molecule has 0 aromatic heterocycles. The highest BCUT2D eigenvalue weighted by Gasteiger charge is 2.02. The maximum Gasteiger partial charge on any atom is 0.0998 e. The molecule has 64 valence electrons. The molecule has 0 atom stereocenters. The first-order valence-corrected chi connectivity index (χ1v) is 4.21. The molecule has 0 bridgehead atoms. The summed E-state index contributed by atoms with van der Waals surface area (Å²) in [6, 6.07) is 7.88. The monoisotopic (exact) mass is 169 g/mol. The van der Waals surface area contributed by atoms with Gasteiger partial charge >= 0.3 is 0 Å². The third-order valence-corrected chi connectivity index (χ3v) is 1.94. The van der Waals surface area contributed by atoms with Crippen LogP contribution in [0.15, 0.2) is 30.5 Å². The minimum atomic E-state index is 0.690. The molecule has 0 saturated heterocycles. The SMILES string of the molecule is C=C=Cc1c(C#N)cccc1CC. The van der Waals surface area contributed by atoms with Gasteiger partial charge in [-0.25, -0.2) is 0 Å². The zero-order chi connectivity index (χ0) is 9.68. The molecule has 13 heavy (non-hydrogen) atoms. The predicted molar refractivity (Wildman–Crippen MR) is 54.1 cm³/mol. The summed E-state index contributed by atoms with van der Waals surface area (Å²) in [5.74, 6) is 0. The molecule has 0 aliphatic rings. The lowest BCUT2D eigenvalue weighted by atomic mass is 10.00. The van der Waals surface area contributed by atoms with Crippen LogP contribution >= 0.6 is 0 Å². The summed E-state index contributed by atoms with van der Waals surface area (Å²) in [5.41, 5.74) is 5.51. The van der Waals surface area contributed by atoms with E-state index >= 15 is 0 Å². The van der Waals surface area contributed by atoms with Gasteiger partial charge in [-0.1, -0.05) is 25.6 Å². The molecule has 0 aliphatic heterocycles. The van der Waals surface area contributed by atoms with E-state index in [1.54, 1.807) is 6.08 Å². The van der Waals surface area contributed by atoms with Crippen molar-refractivity contribution >= 4 is 6.08 Å². The number of hydrogen-bond acceptors (Lipinski definition) is 1. The molecule has 0 spiro atoms. The van der Waals surface area contributed by atoms with Gasteiger partial charge in [0.1, 0.15) is 0 Å². The summed E-state index contributed by atoms with van der Waals surface area (Å²) in [7, 11) is 0. The lowest BCUT2D eigenvalue weighted by Gasteiger charge is -2.03. The quantitative estimate of drug-likeness (QED) is 0.624. The summed E-state index contributed by atoms with van der Waals surface area (Å²) in [6.45, 7) is 5.58. The zero-order valence-electron chi connectivity index (χ0n) is 7.67. The molecular formula is C12H11N. The van der Waals surface area contributed by atoms with Gasteiger partial charge in [-0.2, -0.15) is 5.26 Å². The Kier molecular flexibility index (Phi) is 3.09. The molecular weight excluding hydrogens is 158 g/mol. The topological polar surface area (TPSA) is 23.8 Å². The average Bonchev–Trinajstić information content (AvgIpc) is 2.18. The normalized spacial score (nSPS) is 8.62. The molecule has 0 N–H and O–H groups in total. The second-order valence-corrected chi connectivity index (χ2v) is 2.69. The van der Waals surface area contributed by atoms with E-state index < -0.39 is 0 Å². The molecule has 0 amide bonds. The lowest BCUT2D eigenvalue weighted by Crippen LogP contribution is -1.89. The molecule has 0 unspecified atom stereocenters. The molecule has 1 aromatic rings. The Hall–Kier alpha value is -1.77. The Morgan fingerprint density at radius 3 is 2.85 bits per heavy atom. The lowest BCUT2D eigenvalue weighted by molar-refractivity contribution is 1.13. The van der Waals surface area contributed by atoms with Crippen molar-refractivity contribution in [1.29, 1.82) is 5.26 Å². The van der Waals surface area contributed by atoms with Gasteiger partial charge in [0, 0.05) is 5.56 Å². The first-order valence-electron chi connectivity index (χ1n) is 4.21. The van der Waals surface area contributed by atoms with Gasteiger partial charge < -0.3 is 0 Å². The maximum absolute atomic E-state index is 8.85. The van der Waals surface area contributed by atoms with E-state index in [-0.39, 0.29) is 0 Å². The summed E-state index contributed by atoms with van der Waals surface area (Å²) in [4.78, 5) is 0. The third kappa shape index (κ3) is 1.87. The van der Waals surface area contributed by atoms with Crippen LogP contribution in [-0.4, -0.2) is 0 Å². The largest absolute Gasteiger partial charge is 0.192 e. The van der Waals surface area contributed by atoms with E-state index in [9.17, 15) is 0 Å². The third-order valence-electron chi connectivity index (χ3n) is 1.94. The molecule has 1 nitrogen and oxygen atoms in total. The first-order chi connectivity index (χ1) is 6.33. The van der Waals surface area contributed by atoms with E-state index in [1.165, 1.54) is 0 Å². The van der Waals surface area contributed by atoms with Crippen molar-refractivity contribution in [3.05, 3.63) is 47.2 Å². The smallest absolute Gasteiger partial charge is 0.0998 e. The van der Waals surface area contributed by atoms with Crippen LogP contribution in [0.3, 0.4) is 0 Å². The molecule has 0 saturated carbocycles. The van der Waals surface area contributed by atoms with Gasteiger partial charge in [0.2, 0.25) is 0 Å². The van der Waals surface area contributed by atoms with Gasteiger partial charge in [0.15, 0.2) is 0 Å². The molecule has 1 rings (SSSR count). The number of nitrogens with zero attached hydrogens (tertiary/aromatic N) is 1. The first kappa shape index (κ1) is 9.32. The summed E-state index contributed by atoms with van der Waals surface area (Å²) in [6.07, 6.45) is 2.68. The van der Waals surface area contributed by atoms with Crippen LogP contribution < -0.4 is 0 Å². The summed E-state index contributed by atoms with van der Waals surface area (Å²) >= 11 is 0. The zero-order valence-corrected chi connectivity index (χ0v) is 7.67. The van der Waals surface area contributed by atoms with Crippen LogP contribution in [0.1, 0.15) is 23.6 Å². The number of aryl methyl sites for hydroxylation is 1. The van der Waals surface area contributed by atoms with E-state index in [0.717, 1.165) is 17.5 Å². The fraction of sp³-hybridized carbons (Fsp3) is 0.167. The number of nitriles is 1. The fourth-order valence-electron chi connectivity index (χ4n) is 1.29. The predicted octanol–water partition coefficient (Wildman–Crippen LogP) is 2.92. The number of rotatable bonds is 2. The summed E-state index contributed by atoms with van der Waals surface area (Å²) < 4.78 is 0. The van der Waals surface area contributed by atoms with Gasteiger partial charge in [0.25, 0.3) is 0 Å². The van der Waals surface area contributed by atoms with Crippen molar-refractivity contribution in [3.63, 3.8) is 0 Å². The van der Waals surface area contributed by atoms with Crippen molar-refractivity contribution < 1.29 is 0 Å². The number of hydrogen-bond donors (Lipinski definition) is 0. The molecule has 0 fully saturated rings. The molecule has 0 radical (unpaired) electrons. The minimum absolute atomic E-state index is 0.690. The van der Waals surface area contributed by atoms with Crippen LogP contribution in [0, 0.1) is 11.3 Å². The van der Waals surface area contributed by atoms with Crippen molar-refractivity contribution in [1.82, 2.24) is 0 Å². The van der Waals surface area contributed by atoms with E-state index in [0.29, 0.717) is 5.56 Å². The molecule has 1 heteroatoms. The van der Waals surface area contributed by atoms with Crippen LogP contribution in [0.2, 0.25) is 0 Å². The van der Waals surface area contributed by atoms with E-state index in [2.05, 4.69) is 25.3 Å². The van der Waals surface area contributed by atoms with Crippen LogP contribution in [0.4, 0.5) is 0 Å². The average molecular weight is 169 g/mol. The molecule has 0 heterocycles. The Morgan fingerprint density at radius 1 is 1.54 bits per heavy atom. The maximum atomic E-state index is 8.85. The number of benzene rings is 1. The van der Waals surface area contributed by atoms with E-state index in [4.69, 9.17) is 5.26 Å². The second-order valence-electron chi connectivity index (χ2n) is 2.69. The Labute approximate surface area is 78.6 Å². The van der Waals surface area contributed by atoms with Crippen LogP contribution in [0.5, 0.6) is 0 Å². The van der Waals surface area contributed by atoms with Gasteiger partial charge in [-0.15, -0.1) is 5.73 Å². The van der Waals surface area contributed by atoms with Crippen LogP contribution in [0.25, 0.3) is 6.08 Å². The van der Waals surface area contributed by atoms with Crippen LogP contribution in [-0.2, 0) is 6.42 Å². The van der Waals surface area contributed by atoms with Gasteiger partial charge in [-0.3, -0.25) is 0 Å². The standard InChI is InChI=1S/C12H11N/c1-3-6-12-10(4-2)7-5-8-11(12)9-13/h5-8H,1,4H2,2H3. The van der Waals surface area contributed by atoms with Crippen molar-refractivity contribution in [2.24, 2.45) is 0 Å². The highest BCUT2D eigenvalue weighted by Crippen LogP contribution is 2.16. The minimum Gasteiger partial charge on any atom is -0.192 e. The Bertz CT molecular complexity index is 390. The van der Waals surface area contributed by atoms with Gasteiger partial charge in [0.05, 0.1) is 11.6 Å². The highest BCUT2D eigenvalue weighted by molar-refractivity contribution is 5.61. The second kappa shape index (κ2) is 4.30. The Balaban J connectivity index is 3.40. The van der Waals surface area contributed by atoms with Crippen molar-refractivity contribution in [3.8, 4) is 6.07 Å². The summed E-state index contributed by atoms with van der Waals surface area (Å²) in [5, 5.41) is 8.85. The molecule has 1 aromatic carbocycles. The fourth-order valence-corrected chi connectivity index (χ4v) is 1.29. The van der Waals surface area contributed by atoms with Crippen molar-refractivity contribution in [2.75, 3.05) is 0 Å². The van der Waals surface area contributed by atoms with Gasteiger partial charge in [-0.05, 0) is 24.1 Å². The van der Waals surface area contributed by atoms with Crippen molar-refractivity contribution in [2.45, 2.75) is 13.3 Å². The highest BCUT2D eigenvalue weighted by atomic mass is 14.2.